The summed E-state index contributed by atoms with van der Waals surface area (Å²) in [5.74, 6) is 0.0367. The Balaban J connectivity index is 1.21. The lowest BCUT2D eigenvalue weighted by Crippen LogP contribution is -2.47. The predicted octanol–water partition coefficient (Wildman–Crippen LogP) is 5.22. The number of benzene rings is 3. The van der Waals surface area contributed by atoms with Crippen LogP contribution in [0.15, 0.2) is 78.9 Å². The van der Waals surface area contributed by atoms with Gasteiger partial charge in [0.1, 0.15) is 5.82 Å². The van der Waals surface area contributed by atoms with E-state index in [1.165, 1.54) is 0 Å². The van der Waals surface area contributed by atoms with Crippen molar-refractivity contribution in [1.82, 2.24) is 25.1 Å². The highest BCUT2D eigenvalue weighted by molar-refractivity contribution is 5.51. The zero-order valence-electron chi connectivity index (χ0n) is 20.7. The van der Waals surface area contributed by atoms with Crippen LogP contribution in [0.25, 0.3) is 0 Å². The van der Waals surface area contributed by atoms with E-state index in [0.29, 0.717) is 32.7 Å². The Hall–Kier alpha value is -3.79. The normalized spacial score (nSPS) is 14.8. The second-order valence-electron chi connectivity index (χ2n) is 9.36. The number of rotatable bonds is 8. The molecule has 1 aliphatic rings. The number of hydrogen-bond donors (Lipinski definition) is 0. The highest BCUT2D eigenvalue weighted by atomic mass is 19.4. The standard InChI is InChI=1S/C28H28F4N6/c29-24-13-12-23(28(30,31)32)20-25(24)37-18-16-36(17-19-37)14-7-15-38-27(33-34-35-38)26(21-8-3-1-4-9-21)22-10-5-2-6-11-22/h1-6,8-13,20,26H,7,14-19H2. The van der Waals surface area contributed by atoms with Crippen molar-refractivity contribution in [2.75, 3.05) is 37.6 Å². The summed E-state index contributed by atoms with van der Waals surface area (Å²) in [6.07, 6.45) is -3.70. The van der Waals surface area contributed by atoms with Crippen molar-refractivity contribution >= 4 is 5.69 Å². The molecule has 1 aromatic heterocycles. The highest BCUT2D eigenvalue weighted by Gasteiger charge is 2.32. The van der Waals surface area contributed by atoms with Gasteiger partial charge in [-0.2, -0.15) is 13.2 Å². The summed E-state index contributed by atoms with van der Waals surface area (Å²) in [7, 11) is 0. The first kappa shape index (κ1) is 25.8. The fourth-order valence-corrected chi connectivity index (χ4v) is 4.95. The average Bonchev–Trinajstić information content (AvgIpc) is 3.38. The molecule has 0 radical (unpaired) electrons. The lowest BCUT2D eigenvalue weighted by Gasteiger charge is -2.36. The molecule has 198 valence electrons. The molecule has 10 heteroatoms. The van der Waals surface area contributed by atoms with Gasteiger partial charge in [-0.15, -0.1) is 5.10 Å². The van der Waals surface area contributed by atoms with Gasteiger partial charge in [-0.3, -0.25) is 4.90 Å². The van der Waals surface area contributed by atoms with Gasteiger partial charge in [0.05, 0.1) is 17.2 Å². The summed E-state index contributed by atoms with van der Waals surface area (Å²) < 4.78 is 55.4. The second kappa shape index (κ2) is 11.3. The van der Waals surface area contributed by atoms with E-state index in [-0.39, 0.29) is 11.6 Å². The molecule has 0 N–H and O–H groups in total. The Labute approximate surface area is 218 Å². The van der Waals surface area contributed by atoms with E-state index in [4.69, 9.17) is 0 Å². The van der Waals surface area contributed by atoms with Crippen molar-refractivity contribution in [2.45, 2.75) is 25.1 Å². The van der Waals surface area contributed by atoms with Crippen LogP contribution in [-0.2, 0) is 12.7 Å². The van der Waals surface area contributed by atoms with E-state index in [1.807, 2.05) is 41.1 Å². The van der Waals surface area contributed by atoms with Crippen molar-refractivity contribution in [3.05, 3.63) is 107 Å². The van der Waals surface area contributed by atoms with Gasteiger partial charge in [0.2, 0.25) is 0 Å². The Bertz CT molecular complexity index is 1280. The molecule has 1 fully saturated rings. The van der Waals surface area contributed by atoms with E-state index in [0.717, 1.165) is 48.1 Å². The quantitative estimate of drug-likeness (QED) is 0.296. The first-order valence-electron chi connectivity index (χ1n) is 12.6. The van der Waals surface area contributed by atoms with E-state index in [2.05, 4.69) is 44.7 Å². The summed E-state index contributed by atoms with van der Waals surface area (Å²) in [5.41, 5.74) is 1.38. The van der Waals surface area contributed by atoms with Crippen molar-refractivity contribution in [3.63, 3.8) is 0 Å². The second-order valence-corrected chi connectivity index (χ2v) is 9.36. The van der Waals surface area contributed by atoms with Crippen LogP contribution in [0, 0.1) is 5.82 Å². The molecule has 0 saturated carbocycles. The van der Waals surface area contributed by atoms with Gasteiger partial charge < -0.3 is 4.90 Å². The van der Waals surface area contributed by atoms with Crippen molar-refractivity contribution in [3.8, 4) is 0 Å². The molecule has 0 unspecified atom stereocenters. The van der Waals surface area contributed by atoms with Crippen molar-refractivity contribution in [1.29, 1.82) is 0 Å². The Morgan fingerprint density at radius 3 is 2.03 bits per heavy atom. The van der Waals surface area contributed by atoms with E-state index in [1.54, 1.807) is 4.90 Å². The number of hydrogen-bond acceptors (Lipinski definition) is 5. The summed E-state index contributed by atoms with van der Waals surface area (Å²) in [6.45, 7) is 3.58. The monoisotopic (exact) mass is 524 g/mol. The summed E-state index contributed by atoms with van der Waals surface area (Å²) in [5, 5.41) is 12.6. The van der Waals surface area contributed by atoms with Gasteiger partial charge in [-0.05, 0) is 46.2 Å². The predicted molar refractivity (Wildman–Crippen MR) is 136 cm³/mol. The summed E-state index contributed by atoms with van der Waals surface area (Å²) >= 11 is 0. The minimum absolute atomic E-state index is 0.00525. The number of alkyl halides is 3. The van der Waals surface area contributed by atoms with Crippen molar-refractivity contribution < 1.29 is 17.6 Å². The molecule has 1 aliphatic heterocycles. The number of tetrazole rings is 1. The third-order valence-electron chi connectivity index (χ3n) is 6.91. The highest BCUT2D eigenvalue weighted by Crippen LogP contribution is 2.33. The third kappa shape index (κ3) is 5.85. The van der Waals surface area contributed by atoms with E-state index >= 15 is 0 Å². The molecule has 0 spiro atoms. The molecule has 0 bridgehead atoms. The van der Waals surface area contributed by atoms with Crippen LogP contribution >= 0.6 is 0 Å². The van der Waals surface area contributed by atoms with Gasteiger partial charge in [0.15, 0.2) is 5.82 Å². The van der Waals surface area contributed by atoms with Crippen molar-refractivity contribution in [2.24, 2.45) is 0 Å². The molecule has 1 saturated heterocycles. The number of anilines is 1. The minimum atomic E-state index is -4.50. The maximum absolute atomic E-state index is 14.3. The molecular weight excluding hydrogens is 496 g/mol. The third-order valence-corrected chi connectivity index (χ3v) is 6.91. The van der Waals surface area contributed by atoms with Gasteiger partial charge in [-0.25, -0.2) is 9.07 Å². The number of nitrogens with zero attached hydrogens (tertiary/aromatic N) is 6. The van der Waals surface area contributed by atoms with E-state index in [9.17, 15) is 17.6 Å². The SMILES string of the molecule is Fc1ccc(C(F)(F)F)cc1N1CCN(CCCn2nnnc2C(c2ccccc2)c2ccccc2)CC1. The Morgan fingerprint density at radius 2 is 1.42 bits per heavy atom. The fourth-order valence-electron chi connectivity index (χ4n) is 4.95. The number of halogens is 4. The molecule has 2 heterocycles. The number of piperazine rings is 1. The molecule has 4 aromatic rings. The smallest absolute Gasteiger partial charge is 0.367 e. The Morgan fingerprint density at radius 1 is 0.789 bits per heavy atom. The summed E-state index contributed by atoms with van der Waals surface area (Å²) in [4.78, 5) is 3.92. The average molecular weight is 525 g/mol. The molecule has 0 amide bonds. The van der Waals surface area contributed by atoms with Crippen LogP contribution < -0.4 is 4.90 Å². The zero-order valence-corrected chi connectivity index (χ0v) is 20.7. The van der Waals surface area contributed by atoms with Gasteiger partial charge >= 0.3 is 6.18 Å². The molecular formula is C28H28F4N6. The lowest BCUT2D eigenvalue weighted by atomic mass is 9.90. The van der Waals surface area contributed by atoms with Crippen LogP contribution in [0.3, 0.4) is 0 Å². The van der Waals surface area contributed by atoms with E-state index < -0.39 is 17.6 Å². The number of aromatic nitrogens is 4. The molecule has 0 atom stereocenters. The lowest BCUT2D eigenvalue weighted by molar-refractivity contribution is -0.137. The molecule has 3 aromatic carbocycles. The summed E-state index contributed by atoms with van der Waals surface area (Å²) in [6, 6.07) is 22.9. The molecule has 38 heavy (non-hydrogen) atoms. The van der Waals surface area contributed by atoms with Crippen LogP contribution in [0.1, 0.15) is 34.9 Å². The first-order chi connectivity index (χ1) is 18.4. The topological polar surface area (TPSA) is 50.1 Å². The maximum Gasteiger partial charge on any atom is 0.416 e. The first-order valence-corrected chi connectivity index (χ1v) is 12.6. The van der Waals surface area contributed by atoms with Gasteiger partial charge in [-0.1, -0.05) is 60.7 Å². The van der Waals surface area contributed by atoms with Crippen LogP contribution in [0.2, 0.25) is 0 Å². The molecule has 6 nitrogen and oxygen atoms in total. The number of aryl methyl sites for hydroxylation is 1. The van der Waals surface area contributed by atoms with Gasteiger partial charge in [0.25, 0.3) is 0 Å². The van der Waals surface area contributed by atoms with Crippen LogP contribution in [-0.4, -0.2) is 57.8 Å². The zero-order chi connectivity index (χ0) is 26.5. The molecule has 0 aliphatic carbocycles. The minimum Gasteiger partial charge on any atom is -0.367 e. The van der Waals surface area contributed by atoms with Crippen LogP contribution in [0.4, 0.5) is 23.2 Å². The largest absolute Gasteiger partial charge is 0.416 e. The fraction of sp³-hybridized carbons (Fsp3) is 0.321. The van der Waals surface area contributed by atoms with Gasteiger partial charge in [0, 0.05) is 39.3 Å². The Kier molecular flexibility index (Phi) is 7.69. The molecule has 5 rings (SSSR count). The maximum atomic E-state index is 14.3. The van der Waals surface area contributed by atoms with Crippen LogP contribution in [0.5, 0.6) is 0 Å².